The fourth-order valence-electron chi connectivity index (χ4n) is 6.04. The maximum Gasteiger partial charge on any atom is 0.306 e. The van der Waals surface area contributed by atoms with Crippen LogP contribution in [0.15, 0.2) is 72.9 Å². The highest BCUT2D eigenvalue weighted by Gasteiger charge is 2.44. The molecule has 6 atom stereocenters. The van der Waals surface area contributed by atoms with Crippen LogP contribution in [-0.2, 0) is 28.5 Å². The summed E-state index contributed by atoms with van der Waals surface area (Å²) in [5, 5.41) is 40.0. The van der Waals surface area contributed by atoms with Gasteiger partial charge in [-0.25, -0.2) is 0 Å². The zero-order valence-corrected chi connectivity index (χ0v) is 34.6. The largest absolute Gasteiger partial charge is 0.462 e. The molecule has 4 N–H and O–H groups in total. The van der Waals surface area contributed by atoms with Crippen molar-refractivity contribution in [2.24, 2.45) is 0 Å². The van der Waals surface area contributed by atoms with E-state index in [-0.39, 0.29) is 26.1 Å². The van der Waals surface area contributed by atoms with Crippen LogP contribution in [0, 0.1) is 0 Å². The Labute approximate surface area is 338 Å². The molecule has 0 saturated carbocycles. The Morgan fingerprint density at radius 3 is 1.68 bits per heavy atom. The van der Waals surface area contributed by atoms with E-state index >= 15 is 0 Å². The first-order chi connectivity index (χ1) is 27.3. The number of esters is 2. The van der Waals surface area contributed by atoms with Crippen LogP contribution in [0.5, 0.6) is 0 Å². The van der Waals surface area contributed by atoms with Gasteiger partial charge in [-0.05, 0) is 51.4 Å². The summed E-state index contributed by atoms with van der Waals surface area (Å²) in [5.74, 6) is -0.909. The molecule has 1 fully saturated rings. The van der Waals surface area contributed by atoms with Crippen molar-refractivity contribution in [2.75, 3.05) is 19.8 Å². The summed E-state index contributed by atoms with van der Waals surface area (Å²) < 4.78 is 22.0. The van der Waals surface area contributed by atoms with Crippen LogP contribution in [0.2, 0.25) is 0 Å². The number of hydrogen-bond donors (Lipinski definition) is 4. The smallest absolute Gasteiger partial charge is 0.306 e. The molecule has 1 heterocycles. The Morgan fingerprint density at radius 2 is 1.09 bits per heavy atom. The van der Waals surface area contributed by atoms with E-state index in [1.165, 1.54) is 64.2 Å². The number of unbranched alkanes of at least 4 members (excludes halogenated alkanes) is 15. The Hall–Kier alpha value is -2.86. The SMILES string of the molecule is CC/C=C/C=C/C=C/C=C/C=C/CCCC(=O)OC(COC(=O)CCCCCCC/C=C/CCCCCCCCCCC)CO[C@H]1O[C@@H](CO)[C@@H](O)C(O)C1O. The van der Waals surface area contributed by atoms with Crippen molar-refractivity contribution in [1.29, 1.82) is 0 Å². The monoisotopic (exact) mass is 789 g/mol. The van der Waals surface area contributed by atoms with E-state index in [0.717, 1.165) is 38.5 Å². The lowest BCUT2D eigenvalue weighted by atomic mass is 9.99. The predicted molar refractivity (Wildman–Crippen MR) is 224 cm³/mol. The average Bonchev–Trinajstić information content (AvgIpc) is 3.19. The second kappa shape index (κ2) is 36.5. The normalized spacial score (nSPS) is 21.1. The maximum atomic E-state index is 12.7. The number of aliphatic hydroxyl groups excluding tert-OH is 4. The molecule has 3 unspecified atom stereocenters. The first-order valence-corrected chi connectivity index (χ1v) is 21.6. The molecule has 1 rings (SSSR count). The second-order valence-electron chi connectivity index (χ2n) is 14.5. The van der Waals surface area contributed by atoms with Gasteiger partial charge >= 0.3 is 11.9 Å². The highest BCUT2D eigenvalue weighted by Crippen LogP contribution is 2.22. The van der Waals surface area contributed by atoms with Gasteiger partial charge in [-0.3, -0.25) is 9.59 Å². The van der Waals surface area contributed by atoms with E-state index in [2.05, 4.69) is 32.1 Å². The molecule has 1 aliphatic heterocycles. The van der Waals surface area contributed by atoms with E-state index < -0.39 is 55.4 Å². The van der Waals surface area contributed by atoms with E-state index in [9.17, 15) is 30.0 Å². The van der Waals surface area contributed by atoms with Gasteiger partial charge in [0.1, 0.15) is 31.0 Å². The molecule has 56 heavy (non-hydrogen) atoms. The molecule has 10 heteroatoms. The molecule has 0 aromatic carbocycles. The first kappa shape index (κ1) is 51.2. The number of hydrogen-bond acceptors (Lipinski definition) is 10. The van der Waals surface area contributed by atoms with Crippen LogP contribution < -0.4 is 0 Å². The molecule has 0 bridgehead atoms. The van der Waals surface area contributed by atoms with Crippen molar-refractivity contribution in [3.8, 4) is 0 Å². The van der Waals surface area contributed by atoms with Gasteiger partial charge in [0.05, 0.1) is 13.2 Å². The Bertz CT molecular complexity index is 1140. The molecule has 1 saturated heterocycles. The molecular formula is C46H76O10. The summed E-state index contributed by atoms with van der Waals surface area (Å²) in [4.78, 5) is 25.2. The van der Waals surface area contributed by atoms with Gasteiger partial charge in [0.15, 0.2) is 12.4 Å². The lowest BCUT2D eigenvalue weighted by molar-refractivity contribution is -0.305. The van der Waals surface area contributed by atoms with Crippen LogP contribution in [0.3, 0.4) is 0 Å². The molecular weight excluding hydrogens is 712 g/mol. The minimum absolute atomic E-state index is 0.129. The van der Waals surface area contributed by atoms with Crippen molar-refractivity contribution in [3.05, 3.63) is 72.9 Å². The molecule has 0 aliphatic carbocycles. The van der Waals surface area contributed by atoms with Crippen molar-refractivity contribution in [1.82, 2.24) is 0 Å². The zero-order valence-electron chi connectivity index (χ0n) is 34.6. The number of rotatable bonds is 34. The van der Waals surface area contributed by atoms with Gasteiger partial charge in [0.2, 0.25) is 0 Å². The quantitative estimate of drug-likeness (QED) is 0.0216. The molecule has 0 radical (unpaired) electrons. The van der Waals surface area contributed by atoms with Crippen LogP contribution in [-0.4, -0.2) is 89.0 Å². The Balaban J connectivity index is 2.39. The van der Waals surface area contributed by atoms with Crippen LogP contribution in [0.25, 0.3) is 0 Å². The first-order valence-electron chi connectivity index (χ1n) is 21.6. The summed E-state index contributed by atoms with van der Waals surface area (Å²) in [7, 11) is 0. The van der Waals surface area contributed by atoms with Gasteiger partial charge in [-0.1, -0.05) is 157 Å². The molecule has 0 aromatic heterocycles. The third-order valence-corrected chi connectivity index (χ3v) is 9.45. The van der Waals surface area contributed by atoms with Gasteiger partial charge in [-0.15, -0.1) is 0 Å². The zero-order chi connectivity index (χ0) is 40.9. The number of carbonyl (C=O) groups excluding carboxylic acids is 2. The number of ether oxygens (including phenoxy) is 4. The van der Waals surface area contributed by atoms with Crippen molar-refractivity contribution >= 4 is 11.9 Å². The molecule has 10 nitrogen and oxygen atoms in total. The van der Waals surface area contributed by atoms with Crippen molar-refractivity contribution < 1.29 is 49.0 Å². The van der Waals surface area contributed by atoms with Gasteiger partial charge in [0.25, 0.3) is 0 Å². The minimum Gasteiger partial charge on any atom is -0.462 e. The minimum atomic E-state index is -1.61. The van der Waals surface area contributed by atoms with E-state index in [1.807, 2.05) is 54.7 Å². The average molecular weight is 789 g/mol. The third-order valence-electron chi connectivity index (χ3n) is 9.45. The summed E-state index contributed by atoms with van der Waals surface area (Å²) in [6, 6.07) is 0. The highest BCUT2D eigenvalue weighted by molar-refractivity contribution is 5.70. The maximum absolute atomic E-state index is 12.7. The van der Waals surface area contributed by atoms with Gasteiger partial charge in [-0.2, -0.15) is 0 Å². The molecule has 0 spiro atoms. The van der Waals surface area contributed by atoms with E-state index in [1.54, 1.807) is 0 Å². The lowest BCUT2D eigenvalue weighted by Gasteiger charge is -2.39. The Morgan fingerprint density at radius 1 is 0.571 bits per heavy atom. The van der Waals surface area contributed by atoms with Gasteiger partial charge in [0, 0.05) is 12.8 Å². The number of aliphatic hydroxyl groups is 4. The van der Waals surface area contributed by atoms with E-state index in [0.29, 0.717) is 19.3 Å². The summed E-state index contributed by atoms with van der Waals surface area (Å²) in [6.07, 6.45) is 37.8. The second-order valence-corrected chi connectivity index (χ2v) is 14.5. The van der Waals surface area contributed by atoms with Crippen LogP contribution >= 0.6 is 0 Å². The fraction of sp³-hybridized carbons (Fsp3) is 0.696. The topological polar surface area (TPSA) is 152 Å². The number of allylic oxidation sites excluding steroid dienone is 12. The highest BCUT2D eigenvalue weighted by atomic mass is 16.7. The standard InChI is InChI=1S/C46H76O10/c1-3-5-7-9-11-13-15-17-18-19-20-21-23-24-26-28-30-32-34-41(48)53-37-39(38-54-46-45(52)44(51)43(50)40(36-47)56-46)55-42(49)35-33-31-29-27-25-22-16-14-12-10-8-6-4-2/h6,8,10,12,14,16,20-22,25,27,29,39-40,43-47,50-52H,3-5,7,9,11,13,15,17-19,23-24,26,28,30-38H2,1-2H3/b8-6+,12-10+,16-14+,21-20+,25-22+,29-27+/t39?,40-,43+,44?,45?,46-/m0/s1. The van der Waals surface area contributed by atoms with Crippen molar-refractivity contribution in [3.63, 3.8) is 0 Å². The summed E-state index contributed by atoms with van der Waals surface area (Å²) in [6.45, 7) is 3.18. The van der Waals surface area contributed by atoms with E-state index in [4.69, 9.17) is 18.9 Å². The summed E-state index contributed by atoms with van der Waals surface area (Å²) in [5.41, 5.74) is 0. The Kier molecular flexibility index (Phi) is 33.3. The predicted octanol–water partition coefficient (Wildman–Crippen LogP) is 8.83. The lowest BCUT2D eigenvalue weighted by Crippen LogP contribution is -2.59. The van der Waals surface area contributed by atoms with Crippen molar-refractivity contribution in [2.45, 2.75) is 185 Å². The molecule has 0 aromatic rings. The third kappa shape index (κ3) is 27.7. The number of carbonyl (C=O) groups is 2. The molecule has 0 amide bonds. The molecule has 1 aliphatic rings. The van der Waals surface area contributed by atoms with Crippen LogP contribution in [0.1, 0.15) is 149 Å². The summed E-state index contributed by atoms with van der Waals surface area (Å²) >= 11 is 0. The molecule has 320 valence electrons. The van der Waals surface area contributed by atoms with Crippen LogP contribution in [0.4, 0.5) is 0 Å². The van der Waals surface area contributed by atoms with Gasteiger partial charge < -0.3 is 39.4 Å². The fourth-order valence-corrected chi connectivity index (χ4v) is 6.04.